The maximum Gasteiger partial charge on any atom is 0.351 e. The van der Waals surface area contributed by atoms with Gasteiger partial charge in [-0.2, -0.15) is 0 Å². The molecule has 1 amide bonds. The molecule has 1 aliphatic rings. The minimum atomic E-state index is -0.296. The van der Waals surface area contributed by atoms with Gasteiger partial charge in [0.1, 0.15) is 12.3 Å². The lowest BCUT2D eigenvalue weighted by Gasteiger charge is -2.19. The fraction of sp³-hybridized carbons (Fsp3) is 0.450. The van der Waals surface area contributed by atoms with Gasteiger partial charge < -0.3 is 9.64 Å². The predicted molar refractivity (Wildman–Crippen MR) is 103 cm³/mol. The molecule has 3 aromatic rings. The fourth-order valence-electron chi connectivity index (χ4n) is 3.80. The number of likely N-dealkylation sites (tertiary alicyclic amines) is 1. The minimum absolute atomic E-state index is 0.0224. The summed E-state index contributed by atoms with van der Waals surface area (Å²) in [5.41, 5.74) is 1.90. The number of amides is 1. The van der Waals surface area contributed by atoms with Crippen LogP contribution in [0.5, 0.6) is 5.75 Å². The number of benzene rings is 1. The van der Waals surface area contributed by atoms with Gasteiger partial charge in [0.05, 0.1) is 12.6 Å². The number of carbonyl (C=O) groups excluding carboxylic acids is 1. The van der Waals surface area contributed by atoms with Crippen molar-refractivity contribution in [3.8, 4) is 5.75 Å². The van der Waals surface area contributed by atoms with Gasteiger partial charge in [-0.1, -0.05) is 12.8 Å². The number of methoxy groups -OCH3 is 1. The highest BCUT2D eigenvalue weighted by molar-refractivity contribution is 5.84. The van der Waals surface area contributed by atoms with E-state index in [9.17, 15) is 9.59 Å². The number of hydrogen-bond acceptors (Lipinski definition) is 4. The van der Waals surface area contributed by atoms with E-state index < -0.39 is 0 Å². The van der Waals surface area contributed by atoms with Crippen molar-refractivity contribution < 1.29 is 9.53 Å². The molecule has 3 heterocycles. The topological polar surface area (TPSA) is 68.8 Å². The minimum Gasteiger partial charge on any atom is -0.497 e. The Morgan fingerprint density at radius 1 is 1.15 bits per heavy atom. The molecule has 0 N–H and O–H groups in total. The molecule has 0 saturated carbocycles. The number of ether oxygens (including phenoxy) is 1. The highest BCUT2D eigenvalue weighted by Gasteiger charge is 2.19. The molecule has 0 atom stereocenters. The monoisotopic (exact) mass is 368 g/mol. The summed E-state index contributed by atoms with van der Waals surface area (Å²) in [5, 5.41) is 5.39. The molecule has 0 radical (unpaired) electrons. The van der Waals surface area contributed by atoms with Crippen LogP contribution in [0, 0.1) is 6.92 Å². The van der Waals surface area contributed by atoms with Crippen molar-refractivity contribution in [2.45, 2.75) is 39.2 Å². The summed E-state index contributed by atoms with van der Waals surface area (Å²) >= 11 is 0. The molecular formula is C20H24N4O3. The van der Waals surface area contributed by atoms with Gasteiger partial charge in [-0.25, -0.2) is 13.9 Å². The molecule has 2 aromatic heterocycles. The Hall–Kier alpha value is -2.83. The van der Waals surface area contributed by atoms with E-state index in [1.165, 1.54) is 4.68 Å². The summed E-state index contributed by atoms with van der Waals surface area (Å²) in [6.07, 6.45) is 4.36. The first-order valence-corrected chi connectivity index (χ1v) is 9.43. The number of nitrogens with zero attached hydrogens (tertiary/aromatic N) is 4. The predicted octanol–water partition coefficient (Wildman–Crippen LogP) is 2.37. The number of hydrogen-bond donors (Lipinski definition) is 0. The molecule has 4 rings (SSSR count). The van der Waals surface area contributed by atoms with E-state index in [1.807, 2.05) is 36.1 Å². The second-order valence-electron chi connectivity index (χ2n) is 7.15. The van der Waals surface area contributed by atoms with E-state index in [0.717, 1.165) is 55.2 Å². The maximum absolute atomic E-state index is 13.0. The summed E-state index contributed by atoms with van der Waals surface area (Å²) < 4.78 is 8.16. The van der Waals surface area contributed by atoms with Crippen molar-refractivity contribution in [3.63, 3.8) is 0 Å². The van der Waals surface area contributed by atoms with Crippen molar-refractivity contribution in [2.24, 2.45) is 0 Å². The third kappa shape index (κ3) is 3.18. The van der Waals surface area contributed by atoms with Gasteiger partial charge in [-0.3, -0.25) is 4.79 Å². The SMILES string of the molecule is COc1ccc2cc(C)c3nn(CC(=O)N4CCCCCC4)c(=O)n3c2c1. The second kappa shape index (κ2) is 7.06. The number of carbonyl (C=O) groups is 1. The molecule has 142 valence electrons. The van der Waals surface area contributed by atoms with E-state index in [2.05, 4.69) is 5.10 Å². The highest BCUT2D eigenvalue weighted by atomic mass is 16.5. The maximum atomic E-state index is 13.0. The van der Waals surface area contributed by atoms with E-state index >= 15 is 0 Å². The standard InChI is InChI=1S/C20H24N4O3/c1-14-11-15-7-8-16(27-2)12-17(15)24-19(14)21-23(20(24)26)13-18(25)22-9-5-3-4-6-10-22/h7-8,11-12H,3-6,9-10,13H2,1-2H3. The molecule has 1 aliphatic heterocycles. The van der Waals surface area contributed by atoms with Crippen molar-refractivity contribution in [1.29, 1.82) is 0 Å². The van der Waals surface area contributed by atoms with Crippen LogP contribution in [0.1, 0.15) is 31.2 Å². The summed E-state index contributed by atoms with van der Waals surface area (Å²) in [6.45, 7) is 3.43. The molecule has 1 fully saturated rings. The van der Waals surface area contributed by atoms with Crippen LogP contribution in [0.25, 0.3) is 16.6 Å². The summed E-state index contributed by atoms with van der Waals surface area (Å²) in [7, 11) is 1.60. The van der Waals surface area contributed by atoms with Gasteiger partial charge in [0.15, 0.2) is 5.65 Å². The number of aryl methyl sites for hydroxylation is 1. The molecule has 1 saturated heterocycles. The number of pyridine rings is 1. The van der Waals surface area contributed by atoms with Crippen LogP contribution in [0.2, 0.25) is 0 Å². The molecule has 0 unspecified atom stereocenters. The van der Waals surface area contributed by atoms with Crippen molar-refractivity contribution in [1.82, 2.24) is 19.1 Å². The lowest BCUT2D eigenvalue weighted by atomic mass is 10.1. The van der Waals surface area contributed by atoms with Crippen molar-refractivity contribution in [2.75, 3.05) is 20.2 Å². The Balaban J connectivity index is 1.77. The van der Waals surface area contributed by atoms with E-state index in [0.29, 0.717) is 11.4 Å². The molecule has 7 nitrogen and oxygen atoms in total. The van der Waals surface area contributed by atoms with E-state index in [4.69, 9.17) is 4.74 Å². The molecular weight excluding hydrogens is 344 g/mol. The molecule has 0 aliphatic carbocycles. The first kappa shape index (κ1) is 17.6. The van der Waals surface area contributed by atoms with Crippen LogP contribution in [0.15, 0.2) is 29.1 Å². The molecule has 0 bridgehead atoms. The molecule has 1 aromatic carbocycles. The Morgan fingerprint density at radius 2 is 1.89 bits per heavy atom. The second-order valence-corrected chi connectivity index (χ2v) is 7.15. The van der Waals surface area contributed by atoms with Gasteiger partial charge in [0, 0.05) is 19.2 Å². The summed E-state index contributed by atoms with van der Waals surface area (Å²) in [4.78, 5) is 27.6. The third-order valence-electron chi connectivity index (χ3n) is 5.29. The summed E-state index contributed by atoms with van der Waals surface area (Å²) in [5.74, 6) is 0.634. The quantitative estimate of drug-likeness (QED) is 0.712. The molecule has 7 heteroatoms. The fourth-order valence-corrected chi connectivity index (χ4v) is 3.80. The normalized spacial score (nSPS) is 15.3. The summed E-state index contributed by atoms with van der Waals surface area (Å²) in [6, 6.07) is 7.61. The zero-order chi connectivity index (χ0) is 19.0. The van der Waals surface area contributed by atoms with Crippen LogP contribution >= 0.6 is 0 Å². The first-order chi connectivity index (χ1) is 13.1. The average molecular weight is 368 g/mol. The van der Waals surface area contributed by atoms with Crippen LogP contribution in [-0.2, 0) is 11.3 Å². The number of rotatable bonds is 3. The Morgan fingerprint density at radius 3 is 2.59 bits per heavy atom. The average Bonchev–Trinajstić information content (AvgIpc) is 2.86. The smallest absolute Gasteiger partial charge is 0.351 e. The van der Waals surface area contributed by atoms with Crippen LogP contribution in [0.4, 0.5) is 0 Å². The van der Waals surface area contributed by atoms with Crippen LogP contribution in [0.3, 0.4) is 0 Å². The van der Waals surface area contributed by atoms with Gasteiger partial charge in [-0.05, 0) is 48.9 Å². The van der Waals surface area contributed by atoms with E-state index in [1.54, 1.807) is 11.5 Å². The molecule has 0 spiro atoms. The largest absolute Gasteiger partial charge is 0.497 e. The zero-order valence-corrected chi connectivity index (χ0v) is 15.8. The Kier molecular flexibility index (Phi) is 4.59. The van der Waals surface area contributed by atoms with Gasteiger partial charge >= 0.3 is 5.69 Å². The Labute approximate surface area is 157 Å². The molecule has 27 heavy (non-hydrogen) atoms. The van der Waals surface area contributed by atoms with Crippen molar-refractivity contribution in [3.05, 3.63) is 40.3 Å². The Bertz CT molecular complexity index is 1060. The number of aromatic nitrogens is 3. The van der Waals surface area contributed by atoms with Crippen LogP contribution < -0.4 is 10.4 Å². The van der Waals surface area contributed by atoms with E-state index in [-0.39, 0.29) is 18.1 Å². The van der Waals surface area contributed by atoms with Crippen LogP contribution in [-0.4, -0.2) is 45.2 Å². The van der Waals surface area contributed by atoms with Gasteiger partial charge in [0.25, 0.3) is 0 Å². The first-order valence-electron chi connectivity index (χ1n) is 9.43. The highest BCUT2D eigenvalue weighted by Crippen LogP contribution is 2.23. The van der Waals surface area contributed by atoms with Crippen molar-refractivity contribution >= 4 is 22.5 Å². The van der Waals surface area contributed by atoms with Gasteiger partial charge in [0.2, 0.25) is 5.91 Å². The lowest BCUT2D eigenvalue weighted by molar-refractivity contribution is -0.132. The third-order valence-corrected chi connectivity index (χ3v) is 5.29. The zero-order valence-electron chi connectivity index (χ0n) is 15.8. The lowest BCUT2D eigenvalue weighted by Crippen LogP contribution is -2.37. The van der Waals surface area contributed by atoms with Gasteiger partial charge in [-0.15, -0.1) is 5.10 Å². The number of fused-ring (bicyclic) bond motifs is 3.